The van der Waals surface area contributed by atoms with Gasteiger partial charge in [-0.05, 0) is 38.8 Å². The van der Waals surface area contributed by atoms with Crippen LogP contribution in [0.3, 0.4) is 0 Å². The molecule has 0 aliphatic carbocycles. The van der Waals surface area contributed by atoms with Crippen molar-refractivity contribution in [3.8, 4) is 5.75 Å². The van der Waals surface area contributed by atoms with Gasteiger partial charge >= 0.3 is 0 Å². The highest BCUT2D eigenvalue weighted by Gasteiger charge is 2.32. The van der Waals surface area contributed by atoms with E-state index in [0.717, 1.165) is 16.9 Å². The van der Waals surface area contributed by atoms with E-state index in [1.165, 1.54) is 0 Å². The van der Waals surface area contributed by atoms with Gasteiger partial charge in [0.15, 0.2) is 0 Å². The van der Waals surface area contributed by atoms with E-state index in [9.17, 15) is 9.59 Å². The van der Waals surface area contributed by atoms with Crippen molar-refractivity contribution in [1.29, 1.82) is 0 Å². The fourth-order valence-corrected chi connectivity index (χ4v) is 3.95. The van der Waals surface area contributed by atoms with E-state index in [1.54, 1.807) is 17.7 Å². The molecule has 0 radical (unpaired) electrons. The lowest BCUT2D eigenvalue weighted by atomic mass is 10.1. The first kappa shape index (κ1) is 24.5. The standard InChI is InChI=1S/C24H30ClN5O3/c1-15(10-19-20(25)14-30(4)22(19)26-3)12-28-23(31)16(2)29-24(32)21-11-18(13-27-21)33-17-8-6-5-7-9-17/h5-10,14,16,18,21,27H,3,11-13H2,1-2,4H3,(H,28,31)(H,29,32)/b15-10+/t16-,18-,21+/m0/s1. The molecule has 3 rings (SSSR count). The number of halogens is 1. The highest BCUT2D eigenvalue weighted by Crippen LogP contribution is 2.30. The zero-order valence-corrected chi connectivity index (χ0v) is 19.9. The smallest absolute Gasteiger partial charge is 0.242 e. The van der Waals surface area contributed by atoms with Gasteiger partial charge in [0.1, 0.15) is 23.7 Å². The Labute approximate surface area is 199 Å². The number of benzene rings is 1. The van der Waals surface area contributed by atoms with Gasteiger partial charge < -0.3 is 25.3 Å². The van der Waals surface area contributed by atoms with Crippen LogP contribution in [-0.2, 0) is 16.6 Å². The summed E-state index contributed by atoms with van der Waals surface area (Å²) in [5.41, 5.74) is 1.64. The van der Waals surface area contributed by atoms with Gasteiger partial charge in [-0.1, -0.05) is 35.4 Å². The lowest BCUT2D eigenvalue weighted by Gasteiger charge is -2.17. The average molecular weight is 472 g/mol. The minimum Gasteiger partial charge on any atom is -0.489 e. The number of ether oxygens (including phenoxy) is 1. The summed E-state index contributed by atoms with van der Waals surface area (Å²) in [7, 11) is 1.84. The molecule has 0 spiro atoms. The maximum absolute atomic E-state index is 12.6. The number of nitrogens with one attached hydrogen (secondary N) is 3. The molecule has 0 unspecified atom stereocenters. The molecule has 1 aromatic heterocycles. The zero-order chi connectivity index (χ0) is 24.0. The summed E-state index contributed by atoms with van der Waals surface area (Å²) < 4.78 is 7.69. The Morgan fingerprint density at radius 3 is 2.82 bits per heavy atom. The van der Waals surface area contributed by atoms with Crippen molar-refractivity contribution >= 4 is 42.0 Å². The third-order valence-corrected chi connectivity index (χ3v) is 5.73. The van der Waals surface area contributed by atoms with Gasteiger partial charge in [0, 0.05) is 38.3 Å². The molecule has 1 aromatic carbocycles. The molecule has 9 heteroatoms. The minimum absolute atomic E-state index is 0.0974. The van der Waals surface area contributed by atoms with Crippen molar-refractivity contribution in [1.82, 2.24) is 20.5 Å². The Kier molecular flexibility index (Phi) is 8.30. The van der Waals surface area contributed by atoms with Crippen LogP contribution in [0.5, 0.6) is 5.75 Å². The molecule has 2 aromatic rings. The van der Waals surface area contributed by atoms with Crippen LogP contribution in [0.15, 0.2) is 47.1 Å². The maximum atomic E-state index is 12.6. The first-order valence-electron chi connectivity index (χ1n) is 10.8. The van der Waals surface area contributed by atoms with E-state index < -0.39 is 12.1 Å². The van der Waals surface area contributed by atoms with Crippen molar-refractivity contribution < 1.29 is 14.3 Å². The summed E-state index contributed by atoms with van der Waals surface area (Å²) in [5, 5.41) is 9.33. The van der Waals surface area contributed by atoms with Crippen LogP contribution in [0.2, 0.25) is 5.02 Å². The minimum atomic E-state index is -0.674. The molecule has 1 aliphatic heterocycles. The summed E-state index contributed by atoms with van der Waals surface area (Å²) >= 11 is 6.26. The van der Waals surface area contributed by atoms with Crippen LogP contribution in [-0.4, -0.2) is 54.4 Å². The summed E-state index contributed by atoms with van der Waals surface area (Å²) in [6.45, 7) is 8.00. The summed E-state index contributed by atoms with van der Waals surface area (Å²) in [4.78, 5) is 29.1. The number of para-hydroxylation sites is 1. The summed E-state index contributed by atoms with van der Waals surface area (Å²) in [5.74, 6) is 0.938. The largest absolute Gasteiger partial charge is 0.489 e. The Hall–Kier alpha value is -3.10. The lowest BCUT2D eigenvalue weighted by Crippen LogP contribution is -2.50. The van der Waals surface area contributed by atoms with Crippen LogP contribution >= 0.6 is 11.6 Å². The number of aliphatic imine (C=N–C) groups is 1. The molecule has 3 N–H and O–H groups in total. The second kappa shape index (κ2) is 11.2. The molecule has 8 nitrogen and oxygen atoms in total. The average Bonchev–Trinajstić information content (AvgIpc) is 3.36. The molecule has 1 saturated heterocycles. The Bertz CT molecular complexity index is 1030. The number of rotatable bonds is 9. The van der Waals surface area contributed by atoms with Crippen LogP contribution in [0.1, 0.15) is 25.8 Å². The molecule has 0 saturated carbocycles. The molecule has 1 fully saturated rings. The van der Waals surface area contributed by atoms with Crippen molar-refractivity contribution in [2.75, 3.05) is 13.1 Å². The van der Waals surface area contributed by atoms with Gasteiger partial charge in [-0.3, -0.25) is 9.59 Å². The highest BCUT2D eigenvalue weighted by atomic mass is 35.5. The molecule has 1 aliphatic rings. The first-order chi connectivity index (χ1) is 15.8. The molecule has 2 heterocycles. The fourth-order valence-electron chi connectivity index (χ4n) is 3.67. The fraction of sp³-hybridized carbons (Fsp3) is 0.375. The van der Waals surface area contributed by atoms with Crippen molar-refractivity contribution in [2.45, 2.75) is 38.5 Å². The molecule has 176 valence electrons. The van der Waals surface area contributed by atoms with Crippen molar-refractivity contribution in [3.05, 3.63) is 52.7 Å². The van der Waals surface area contributed by atoms with Crippen LogP contribution in [0.4, 0.5) is 5.82 Å². The molecular weight excluding hydrogens is 442 g/mol. The Morgan fingerprint density at radius 2 is 2.12 bits per heavy atom. The number of amides is 2. The second-order valence-corrected chi connectivity index (χ2v) is 8.58. The third kappa shape index (κ3) is 6.46. The quantitative estimate of drug-likeness (QED) is 0.490. The van der Waals surface area contributed by atoms with E-state index in [0.29, 0.717) is 30.4 Å². The van der Waals surface area contributed by atoms with Gasteiger partial charge in [-0.15, -0.1) is 0 Å². The summed E-state index contributed by atoms with van der Waals surface area (Å²) in [6.07, 6.45) is 4.06. The van der Waals surface area contributed by atoms with Gasteiger partial charge in [0.05, 0.1) is 11.1 Å². The van der Waals surface area contributed by atoms with Crippen LogP contribution in [0, 0.1) is 0 Å². The number of hydrogen-bond donors (Lipinski definition) is 3. The van der Waals surface area contributed by atoms with E-state index in [2.05, 4.69) is 27.7 Å². The zero-order valence-electron chi connectivity index (χ0n) is 19.1. The first-order valence-corrected chi connectivity index (χ1v) is 11.2. The molecular formula is C24H30ClN5O3. The Morgan fingerprint density at radius 1 is 1.39 bits per heavy atom. The molecule has 2 amide bonds. The van der Waals surface area contributed by atoms with E-state index in [1.807, 2.05) is 50.4 Å². The number of hydrogen-bond acceptors (Lipinski definition) is 5. The highest BCUT2D eigenvalue weighted by molar-refractivity contribution is 6.32. The topological polar surface area (TPSA) is 96.8 Å². The second-order valence-electron chi connectivity index (χ2n) is 8.17. The van der Waals surface area contributed by atoms with Crippen LogP contribution in [0.25, 0.3) is 6.08 Å². The summed E-state index contributed by atoms with van der Waals surface area (Å²) in [6, 6.07) is 8.43. The van der Waals surface area contributed by atoms with E-state index >= 15 is 0 Å². The Balaban J connectivity index is 1.46. The number of carbonyl (C=O) groups is 2. The predicted octanol–water partition coefficient (Wildman–Crippen LogP) is 2.84. The monoisotopic (exact) mass is 471 g/mol. The normalized spacial score (nSPS) is 19.1. The molecule has 0 bridgehead atoms. The SMILES string of the molecule is C=Nc1c(/C=C(\C)CNC(=O)[C@H](C)NC(=O)[C@H]2C[C@H](Oc3ccccc3)CN2)c(Cl)cn1C. The van der Waals surface area contributed by atoms with E-state index in [-0.39, 0.29) is 17.9 Å². The molecule has 3 atom stereocenters. The van der Waals surface area contributed by atoms with Crippen molar-refractivity contribution in [3.63, 3.8) is 0 Å². The number of aryl methyl sites for hydroxylation is 1. The van der Waals surface area contributed by atoms with Gasteiger partial charge in [-0.2, -0.15) is 0 Å². The van der Waals surface area contributed by atoms with Gasteiger partial charge in [-0.25, -0.2) is 4.99 Å². The lowest BCUT2D eigenvalue weighted by molar-refractivity contribution is -0.129. The van der Waals surface area contributed by atoms with Gasteiger partial charge in [0.2, 0.25) is 11.8 Å². The maximum Gasteiger partial charge on any atom is 0.242 e. The number of carbonyl (C=O) groups excluding carboxylic acids is 2. The number of aromatic nitrogens is 1. The predicted molar refractivity (Wildman–Crippen MR) is 131 cm³/mol. The van der Waals surface area contributed by atoms with Gasteiger partial charge in [0.25, 0.3) is 0 Å². The van der Waals surface area contributed by atoms with Crippen LogP contribution < -0.4 is 20.7 Å². The van der Waals surface area contributed by atoms with E-state index in [4.69, 9.17) is 16.3 Å². The molecule has 33 heavy (non-hydrogen) atoms. The third-order valence-electron chi connectivity index (χ3n) is 5.43. The number of nitrogens with zero attached hydrogens (tertiary/aromatic N) is 2. The van der Waals surface area contributed by atoms with Crippen molar-refractivity contribution in [2.24, 2.45) is 12.0 Å².